The summed E-state index contributed by atoms with van der Waals surface area (Å²) < 4.78 is 11.4. The number of carbonyl (C=O) groups excluding carboxylic acids is 1. The molecule has 0 fully saturated rings. The van der Waals surface area contributed by atoms with E-state index in [4.69, 9.17) is 9.47 Å². The van der Waals surface area contributed by atoms with Crippen LogP contribution >= 0.6 is 0 Å². The van der Waals surface area contributed by atoms with Crippen molar-refractivity contribution in [3.8, 4) is 11.5 Å². The number of benzene rings is 2. The summed E-state index contributed by atoms with van der Waals surface area (Å²) in [6.07, 6.45) is 4.11. The van der Waals surface area contributed by atoms with Gasteiger partial charge in [0.2, 0.25) is 0 Å². The Kier molecular flexibility index (Phi) is 3.88. The van der Waals surface area contributed by atoms with Gasteiger partial charge in [-0.2, -0.15) is 0 Å². The molecule has 2 aromatic rings. The molecule has 0 aliphatic heterocycles. The lowest BCUT2D eigenvalue weighted by Crippen LogP contribution is -2.14. The molecule has 0 aromatic heterocycles. The van der Waals surface area contributed by atoms with Gasteiger partial charge in [-0.25, -0.2) is 4.79 Å². The van der Waals surface area contributed by atoms with E-state index in [1.54, 1.807) is 14.0 Å². The predicted octanol–water partition coefficient (Wildman–Crippen LogP) is 4.21. The number of hydrogen-bond acceptors (Lipinski definition) is 3. The summed E-state index contributed by atoms with van der Waals surface area (Å²) in [6, 6.07) is 7.93. The zero-order valence-electron chi connectivity index (χ0n) is 13.1. The highest BCUT2D eigenvalue weighted by atomic mass is 16.5. The third-order valence-corrected chi connectivity index (χ3v) is 4.18. The summed E-state index contributed by atoms with van der Waals surface area (Å²) in [4.78, 5) is 12.0. The molecule has 0 heterocycles. The van der Waals surface area contributed by atoms with Crippen molar-refractivity contribution >= 4 is 16.7 Å². The van der Waals surface area contributed by atoms with Gasteiger partial charge in [-0.1, -0.05) is 30.8 Å². The second-order valence-electron chi connectivity index (χ2n) is 5.74. The van der Waals surface area contributed by atoms with Gasteiger partial charge in [0.05, 0.1) is 7.11 Å². The van der Waals surface area contributed by atoms with E-state index in [1.165, 1.54) is 5.56 Å². The Hall–Kier alpha value is -2.29. The zero-order valence-corrected chi connectivity index (χ0v) is 13.1. The Labute approximate surface area is 130 Å². The maximum atomic E-state index is 12.0. The quantitative estimate of drug-likeness (QED) is 0.483. The third kappa shape index (κ3) is 2.37. The van der Waals surface area contributed by atoms with Crippen LogP contribution in [0.1, 0.15) is 30.9 Å². The van der Waals surface area contributed by atoms with Gasteiger partial charge in [0.1, 0.15) is 11.5 Å². The van der Waals surface area contributed by atoms with Crippen molar-refractivity contribution in [3.63, 3.8) is 0 Å². The molecular weight excluding hydrogens is 276 g/mol. The fraction of sp³-hybridized carbons (Fsp3) is 0.316. The van der Waals surface area contributed by atoms with Gasteiger partial charge < -0.3 is 9.47 Å². The summed E-state index contributed by atoms with van der Waals surface area (Å²) in [5.41, 5.74) is 2.69. The van der Waals surface area contributed by atoms with E-state index < -0.39 is 0 Å². The third-order valence-electron chi connectivity index (χ3n) is 4.18. The van der Waals surface area contributed by atoms with E-state index in [1.807, 2.05) is 24.3 Å². The average molecular weight is 296 g/mol. The van der Waals surface area contributed by atoms with Crippen LogP contribution in [0, 0.1) is 0 Å². The predicted molar refractivity (Wildman–Crippen MR) is 87.6 cm³/mol. The number of methoxy groups -OCH3 is 1. The summed E-state index contributed by atoms with van der Waals surface area (Å²) in [5.74, 6) is 1.22. The maximum Gasteiger partial charge on any atom is 0.338 e. The van der Waals surface area contributed by atoms with E-state index >= 15 is 0 Å². The van der Waals surface area contributed by atoms with Crippen LogP contribution in [0.2, 0.25) is 0 Å². The Balaban J connectivity index is 2.29. The van der Waals surface area contributed by atoms with Crippen LogP contribution in [0.3, 0.4) is 0 Å². The highest BCUT2D eigenvalue weighted by Gasteiger charge is 2.24. The Morgan fingerprint density at radius 1 is 1.05 bits per heavy atom. The van der Waals surface area contributed by atoms with Crippen molar-refractivity contribution in [2.45, 2.75) is 32.6 Å². The first-order chi connectivity index (χ1) is 10.6. The molecule has 0 bridgehead atoms. The molecular formula is C19H20O3. The highest BCUT2D eigenvalue weighted by Crippen LogP contribution is 2.44. The van der Waals surface area contributed by atoms with Gasteiger partial charge in [-0.05, 0) is 32.6 Å². The van der Waals surface area contributed by atoms with Crippen molar-refractivity contribution in [1.82, 2.24) is 0 Å². The van der Waals surface area contributed by atoms with E-state index in [0.717, 1.165) is 47.8 Å². The first-order valence-corrected chi connectivity index (χ1v) is 7.61. The van der Waals surface area contributed by atoms with E-state index in [-0.39, 0.29) is 5.97 Å². The molecule has 0 unspecified atom stereocenters. The number of ether oxygens (including phenoxy) is 2. The van der Waals surface area contributed by atoms with Crippen LogP contribution in [-0.4, -0.2) is 13.1 Å². The summed E-state index contributed by atoms with van der Waals surface area (Å²) >= 11 is 0. The first-order valence-electron chi connectivity index (χ1n) is 7.61. The average Bonchev–Trinajstić information content (AvgIpc) is 2.54. The molecule has 22 heavy (non-hydrogen) atoms. The second-order valence-corrected chi connectivity index (χ2v) is 5.74. The van der Waals surface area contributed by atoms with Gasteiger partial charge in [-0.15, -0.1) is 0 Å². The second kappa shape index (κ2) is 5.84. The Morgan fingerprint density at radius 2 is 1.59 bits per heavy atom. The molecule has 3 nitrogen and oxygen atoms in total. The summed E-state index contributed by atoms with van der Waals surface area (Å²) in [7, 11) is 1.70. The molecule has 0 radical (unpaired) electrons. The van der Waals surface area contributed by atoms with Crippen molar-refractivity contribution < 1.29 is 14.3 Å². The topological polar surface area (TPSA) is 35.5 Å². The van der Waals surface area contributed by atoms with Crippen LogP contribution in [0.5, 0.6) is 11.5 Å². The van der Waals surface area contributed by atoms with Gasteiger partial charge in [-0.3, -0.25) is 0 Å². The van der Waals surface area contributed by atoms with Crippen molar-refractivity contribution in [1.29, 1.82) is 0 Å². The molecule has 2 aromatic carbocycles. The van der Waals surface area contributed by atoms with Crippen molar-refractivity contribution in [2.75, 3.05) is 7.11 Å². The summed E-state index contributed by atoms with van der Waals surface area (Å²) in [6.45, 7) is 5.35. The normalized spacial score (nSPS) is 13.5. The molecule has 3 rings (SSSR count). The number of fused-ring (bicyclic) bond motifs is 2. The molecule has 0 spiro atoms. The van der Waals surface area contributed by atoms with Crippen LogP contribution in [0.15, 0.2) is 36.4 Å². The zero-order chi connectivity index (χ0) is 15.7. The summed E-state index contributed by atoms with van der Waals surface area (Å²) in [5, 5.41) is 1.92. The number of esters is 1. The van der Waals surface area contributed by atoms with Gasteiger partial charge >= 0.3 is 5.97 Å². The standard InChI is InChI=1S/C19H20O3/c1-12(2)19(20)22-18-15-10-6-4-8-13(15)17(21-3)14-9-5-7-11-16(14)18/h4,6,8,10H,1,5,7,9,11H2,2-3H3. The molecule has 1 aliphatic rings. The largest absolute Gasteiger partial charge is 0.496 e. The lowest BCUT2D eigenvalue weighted by atomic mass is 9.87. The van der Waals surface area contributed by atoms with Crippen LogP contribution < -0.4 is 9.47 Å². The minimum atomic E-state index is -0.372. The number of hydrogen-bond donors (Lipinski definition) is 0. The molecule has 0 N–H and O–H groups in total. The van der Waals surface area contributed by atoms with Crippen LogP contribution in [0.25, 0.3) is 10.8 Å². The molecule has 0 saturated heterocycles. The minimum Gasteiger partial charge on any atom is -0.496 e. The number of rotatable bonds is 3. The van der Waals surface area contributed by atoms with Gasteiger partial charge in [0, 0.05) is 27.5 Å². The highest BCUT2D eigenvalue weighted by molar-refractivity contribution is 5.99. The number of carbonyl (C=O) groups is 1. The van der Waals surface area contributed by atoms with E-state index in [2.05, 4.69) is 6.58 Å². The Bertz CT molecular complexity index is 759. The first kappa shape index (κ1) is 14.6. The molecule has 114 valence electrons. The van der Waals surface area contributed by atoms with Crippen molar-refractivity contribution in [3.05, 3.63) is 47.5 Å². The molecule has 0 atom stereocenters. The van der Waals surface area contributed by atoms with Crippen molar-refractivity contribution in [2.24, 2.45) is 0 Å². The monoisotopic (exact) mass is 296 g/mol. The lowest BCUT2D eigenvalue weighted by molar-refractivity contribution is -0.130. The molecule has 1 aliphatic carbocycles. The smallest absolute Gasteiger partial charge is 0.338 e. The van der Waals surface area contributed by atoms with Crippen LogP contribution in [-0.2, 0) is 17.6 Å². The molecule has 3 heteroatoms. The van der Waals surface area contributed by atoms with Crippen LogP contribution in [0.4, 0.5) is 0 Å². The molecule has 0 saturated carbocycles. The Morgan fingerprint density at radius 3 is 2.14 bits per heavy atom. The van der Waals surface area contributed by atoms with Gasteiger partial charge in [0.15, 0.2) is 0 Å². The van der Waals surface area contributed by atoms with E-state index in [9.17, 15) is 4.79 Å². The maximum absolute atomic E-state index is 12.0. The lowest BCUT2D eigenvalue weighted by Gasteiger charge is -2.24. The fourth-order valence-corrected chi connectivity index (χ4v) is 3.14. The SMILES string of the molecule is C=C(C)C(=O)Oc1c2c(c(OC)c3ccccc13)CCCC2. The minimum absolute atomic E-state index is 0.372. The fourth-order valence-electron chi connectivity index (χ4n) is 3.14. The van der Waals surface area contributed by atoms with Gasteiger partial charge in [0.25, 0.3) is 0 Å². The van der Waals surface area contributed by atoms with E-state index in [0.29, 0.717) is 11.3 Å². The molecule has 0 amide bonds.